The predicted molar refractivity (Wildman–Crippen MR) is 228 cm³/mol. The molecule has 10 aromatic carbocycles. The number of benzene rings is 10. The minimum Gasteiger partial charge on any atom is -0.310 e. The number of aryl methyl sites for hydroxylation is 1. The van der Waals surface area contributed by atoms with Crippen molar-refractivity contribution in [3.05, 3.63) is 206 Å². The Hall–Kier alpha value is -6.90. The first-order valence-corrected chi connectivity index (χ1v) is 18.3. The first-order valence-electron chi connectivity index (χ1n) is 18.3. The Morgan fingerprint density at radius 2 is 0.698 bits per heavy atom. The van der Waals surface area contributed by atoms with Gasteiger partial charge in [-0.2, -0.15) is 0 Å². The van der Waals surface area contributed by atoms with Crippen molar-refractivity contribution in [3.63, 3.8) is 0 Å². The molecule has 0 radical (unpaired) electrons. The van der Waals surface area contributed by atoms with Crippen LogP contribution in [0, 0.1) is 6.92 Å². The second-order valence-corrected chi connectivity index (χ2v) is 13.9. The van der Waals surface area contributed by atoms with Crippen LogP contribution in [0.2, 0.25) is 0 Å². The zero-order valence-corrected chi connectivity index (χ0v) is 29.4. The summed E-state index contributed by atoms with van der Waals surface area (Å²) in [6.07, 6.45) is 0. The maximum Gasteiger partial charge on any atom is 0.0546 e. The van der Waals surface area contributed by atoms with Crippen molar-refractivity contribution in [3.8, 4) is 0 Å². The summed E-state index contributed by atoms with van der Waals surface area (Å²) in [7, 11) is 0. The van der Waals surface area contributed by atoms with Gasteiger partial charge in [0.15, 0.2) is 0 Å². The molecule has 0 spiro atoms. The fourth-order valence-corrected chi connectivity index (χ4v) is 8.09. The van der Waals surface area contributed by atoms with E-state index in [0.717, 1.165) is 34.1 Å². The Morgan fingerprint density at radius 3 is 1.25 bits per heavy atom. The molecule has 0 N–H and O–H groups in total. The third-order valence-electron chi connectivity index (χ3n) is 10.6. The van der Waals surface area contributed by atoms with E-state index >= 15 is 0 Å². The van der Waals surface area contributed by atoms with Crippen molar-refractivity contribution in [2.24, 2.45) is 0 Å². The minimum atomic E-state index is 1.12. The van der Waals surface area contributed by atoms with E-state index in [4.69, 9.17) is 0 Å². The molecule has 0 aliphatic carbocycles. The molecule has 10 rings (SSSR count). The van der Waals surface area contributed by atoms with E-state index in [9.17, 15) is 0 Å². The van der Waals surface area contributed by atoms with Gasteiger partial charge in [0.2, 0.25) is 0 Å². The molecule has 0 saturated heterocycles. The van der Waals surface area contributed by atoms with Gasteiger partial charge in [-0.1, -0.05) is 139 Å². The summed E-state index contributed by atoms with van der Waals surface area (Å²) in [6.45, 7) is 2.19. The van der Waals surface area contributed by atoms with Gasteiger partial charge in [-0.05, 0) is 117 Å². The van der Waals surface area contributed by atoms with E-state index in [1.54, 1.807) is 0 Å². The molecule has 0 heterocycles. The van der Waals surface area contributed by atoms with Crippen LogP contribution in [0.25, 0.3) is 53.9 Å². The number of para-hydroxylation sites is 2. The second-order valence-electron chi connectivity index (χ2n) is 13.9. The standard InChI is InChI=1S/C51H36N2/c1-35-24-29-45-48-33-50(52(40-18-4-2-5-19-40)42-27-25-36-14-8-10-16-38(36)31-42)46-23-13-12-22-44(46)47(48)34-51(49(45)30-35)53(41-20-6-3-7-21-41)43-28-26-37-15-9-11-17-39(37)32-43/h2-34H,1H3. The molecule has 0 atom stereocenters. The van der Waals surface area contributed by atoms with E-state index in [1.165, 1.54) is 59.4 Å². The average molecular weight is 677 g/mol. The minimum absolute atomic E-state index is 1.12. The van der Waals surface area contributed by atoms with Crippen molar-refractivity contribution in [2.75, 3.05) is 9.80 Å². The molecule has 10 aromatic rings. The fourth-order valence-electron chi connectivity index (χ4n) is 8.09. The van der Waals surface area contributed by atoms with Gasteiger partial charge >= 0.3 is 0 Å². The topological polar surface area (TPSA) is 6.48 Å². The highest BCUT2D eigenvalue weighted by Crippen LogP contribution is 2.48. The number of fused-ring (bicyclic) bond motifs is 7. The molecule has 0 amide bonds. The summed E-state index contributed by atoms with van der Waals surface area (Å²) < 4.78 is 0. The van der Waals surface area contributed by atoms with Crippen LogP contribution >= 0.6 is 0 Å². The molecule has 0 fully saturated rings. The number of hydrogen-bond acceptors (Lipinski definition) is 2. The summed E-state index contributed by atoms with van der Waals surface area (Å²) in [6, 6.07) is 73.0. The predicted octanol–water partition coefficient (Wildman–Crippen LogP) is 14.7. The molecule has 0 saturated carbocycles. The lowest BCUT2D eigenvalue weighted by atomic mass is 9.92. The quantitative estimate of drug-likeness (QED) is 0.162. The van der Waals surface area contributed by atoms with Crippen LogP contribution in [0.5, 0.6) is 0 Å². The average Bonchev–Trinajstić information content (AvgIpc) is 3.22. The molecule has 0 aliphatic heterocycles. The van der Waals surface area contributed by atoms with Crippen molar-refractivity contribution in [2.45, 2.75) is 6.92 Å². The zero-order valence-electron chi connectivity index (χ0n) is 29.4. The van der Waals surface area contributed by atoms with Crippen LogP contribution in [0.3, 0.4) is 0 Å². The lowest BCUT2D eigenvalue weighted by Crippen LogP contribution is -2.12. The van der Waals surface area contributed by atoms with Crippen LogP contribution in [0.1, 0.15) is 5.56 Å². The maximum atomic E-state index is 2.43. The molecule has 2 heteroatoms. The number of rotatable bonds is 6. The summed E-state index contributed by atoms with van der Waals surface area (Å²) in [4.78, 5) is 4.86. The summed E-state index contributed by atoms with van der Waals surface area (Å²) >= 11 is 0. The summed E-state index contributed by atoms with van der Waals surface area (Å²) in [5, 5.41) is 12.2. The molecule has 0 aliphatic rings. The zero-order chi connectivity index (χ0) is 35.3. The monoisotopic (exact) mass is 676 g/mol. The Kier molecular flexibility index (Phi) is 7.40. The molecular formula is C51H36N2. The highest BCUT2D eigenvalue weighted by Gasteiger charge is 2.22. The van der Waals surface area contributed by atoms with Crippen molar-refractivity contribution in [1.29, 1.82) is 0 Å². The number of hydrogen-bond donors (Lipinski definition) is 0. The smallest absolute Gasteiger partial charge is 0.0546 e. The number of anilines is 6. The molecule has 2 nitrogen and oxygen atoms in total. The SMILES string of the molecule is Cc1ccc2c(c1)c(N(c1ccccc1)c1ccc3ccccc3c1)cc1c3ccccc3c(N(c3ccccc3)c3ccc4ccccc4c3)cc21. The summed E-state index contributed by atoms with van der Waals surface area (Å²) in [5.74, 6) is 0. The largest absolute Gasteiger partial charge is 0.310 e. The van der Waals surface area contributed by atoms with E-state index in [-0.39, 0.29) is 0 Å². The second kappa shape index (κ2) is 12.7. The molecule has 0 aromatic heterocycles. The highest BCUT2D eigenvalue weighted by atomic mass is 15.1. The lowest BCUT2D eigenvalue weighted by Gasteiger charge is -2.30. The number of nitrogens with zero attached hydrogens (tertiary/aromatic N) is 2. The van der Waals surface area contributed by atoms with E-state index < -0.39 is 0 Å². The molecular weight excluding hydrogens is 641 g/mol. The normalized spacial score (nSPS) is 11.5. The molecule has 250 valence electrons. The van der Waals surface area contributed by atoms with Crippen LogP contribution in [-0.2, 0) is 0 Å². The van der Waals surface area contributed by atoms with Gasteiger partial charge in [0.05, 0.1) is 11.4 Å². The van der Waals surface area contributed by atoms with E-state index in [1.807, 2.05) is 0 Å². The Bertz CT molecular complexity index is 2970. The van der Waals surface area contributed by atoms with Crippen molar-refractivity contribution < 1.29 is 0 Å². The van der Waals surface area contributed by atoms with E-state index in [0.29, 0.717) is 0 Å². The lowest BCUT2D eigenvalue weighted by molar-refractivity contribution is 1.30. The Balaban J connectivity index is 1.29. The van der Waals surface area contributed by atoms with Gasteiger partial charge in [0, 0.05) is 33.5 Å². The molecule has 53 heavy (non-hydrogen) atoms. The first-order chi connectivity index (χ1) is 26.2. The first kappa shape index (κ1) is 30.9. The van der Waals surface area contributed by atoms with Gasteiger partial charge in [-0.25, -0.2) is 0 Å². The molecule has 0 unspecified atom stereocenters. The van der Waals surface area contributed by atoms with Crippen molar-refractivity contribution >= 4 is 88.0 Å². The fraction of sp³-hybridized carbons (Fsp3) is 0.0196. The van der Waals surface area contributed by atoms with Gasteiger partial charge in [-0.15, -0.1) is 0 Å². The van der Waals surface area contributed by atoms with Gasteiger partial charge < -0.3 is 9.80 Å². The Labute approximate surface area is 309 Å². The summed E-state index contributed by atoms with van der Waals surface area (Å²) in [5.41, 5.74) is 8.04. The van der Waals surface area contributed by atoms with Crippen LogP contribution < -0.4 is 9.80 Å². The van der Waals surface area contributed by atoms with Crippen LogP contribution in [-0.4, -0.2) is 0 Å². The Morgan fingerprint density at radius 1 is 0.264 bits per heavy atom. The third-order valence-corrected chi connectivity index (χ3v) is 10.6. The van der Waals surface area contributed by atoms with Gasteiger partial charge in [-0.3, -0.25) is 0 Å². The van der Waals surface area contributed by atoms with E-state index in [2.05, 4.69) is 217 Å². The van der Waals surface area contributed by atoms with Crippen LogP contribution in [0.4, 0.5) is 34.1 Å². The van der Waals surface area contributed by atoms with Crippen LogP contribution in [0.15, 0.2) is 200 Å². The van der Waals surface area contributed by atoms with Crippen molar-refractivity contribution in [1.82, 2.24) is 0 Å². The van der Waals surface area contributed by atoms with Gasteiger partial charge in [0.1, 0.15) is 0 Å². The van der Waals surface area contributed by atoms with Gasteiger partial charge in [0.25, 0.3) is 0 Å². The third kappa shape index (κ3) is 5.35. The molecule has 0 bridgehead atoms. The highest BCUT2D eigenvalue weighted by molar-refractivity contribution is 6.24. The maximum absolute atomic E-state index is 2.43.